The first-order valence-corrected chi connectivity index (χ1v) is 11.0. The van der Waals surface area contributed by atoms with Crippen LogP contribution in [0, 0.1) is 12.8 Å². The van der Waals surface area contributed by atoms with Gasteiger partial charge in [0.1, 0.15) is 10.6 Å². The SMILES string of the molecule is C=C(C)/C=C(\c1nc(C)c(-c2sc(N(C)C(C)C)nc2OC)n1N)C(CC)CC. The smallest absolute Gasteiger partial charge is 0.236 e. The molecule has 6 nitrogen and oxygen atoms in total. The lowest BCUT2D eigenvalue weighted by Gasteiger charge is -2.19. The van der Waals surface area contributed by atoms with E-state index in [2.05, 4.69) is 50.2 Å². The highest BCUT2D eigenvalue weighted by Gasteiger charge is 2.26. The molecule has 0 amide bonds. The number of allylic oxidation sites excluding steroid dienone is 3. The molecule has 0 aromatic carbocycles. The first-order chi connectivity index (χ1) is 13.7. The summed E-state index contributed by atoms with van der Waals surface area (Å²) in [6.45, 7) is 16.7. The maximum atomic E-state index is 6.62. The van der Waals surface area contributed by atoms with Gasteiger partial charge in [0.2, 0.25) is 5.88 Å². The van der Waals surface area contributed by atoms with Crippen LogP contribution in [0.1, 0.15) is 59.0 Å². The van der Waals surface area contributed by atoms with Crippen LogP contribution in [0.4, 0.5) is 5.13 Å². The Morgan fingerprint density at radius 1 is 1.31 bits per heavy atom. The van der Waals surface area contributed by atoms with Crippen molar-refractivity contribution >= 4 is 22.0 Å². The second kappa shape index (κ2) is 9.48. The minimum absolute atomic E-state index is 0.332. The number of thiazole rings is 1. The summed E-state index contributed by atoms with van der Waals surface area (Å²) < 4.78 is 7.28. The molecule has 2 N–H and O–H groups in total. The fourth-order valence-electron chi connectivity index (χ4n) is 3.34. The lowest BCUT2D eigenvalue weighted by atomic mass is 9.91. The van der Waals surface area contributed by atoms with Gasteiger partial charge in [-0.1, -0.05) is 43.4 Å². The van der Waals surface area contributed by atoms with E-state index < -0.39 is 0 Å². The Morgan fingerprint density at radius 2 is 1.93 bits per heavy atom. The number of aromatic nitrogens is 3. The second-order valence-electron chi connectivity index (χ2n) is 7.74. The molecule has 0 fully saturated rings. The lowest BCUT2D eigenvalue weighted by molar-refractivity contribution is 0.402. The van der Waals surface area contributed by atoms with Gasteiger partial charge in [0.05, 0.1) is 12.8 Å². The number of nitrogen functional groups attached to an aromatic ring is 1. The fraction of sp³-hybridized carbons (Fsp3) is 0.545. The number of nitrogens with zero attached hydrogens (tertiary/aromatic N) is 4. The minimum atomic E-state index is 0.332. The second-order valence-corrected chi connectivity index (χ2v) is 8.72. The molecule has 0 bridgehead atoms. The van der Waals surface area contributed by atoms with Gasteiger partial charge in [0.15, 0.2) is 11.0 Å². The summed E-state index contributed by atoms with van der Waals surface area (Å²) in [5.41, 5.74) is 3.82. The van der Waals surface area contributed by atoms with Crippen LogP contribution in [0.2, 0.25) is 0 Å². The van der Waals surface area contributed by atoms with Gasteiger partial charge in [-0.05, 0) is 46.5 Å². The van der Waals surface area contributed by atoms with Crippen molar-refractivity contribution in [3.05, 3.63) is 29.7 Å². The van der Waals surface area contributed by atoms with Crippen LogP contribution in [0.5, 0.6) is 5.88 Å². The van der Waals surface area contributed by atoms with Crippen LogP contribution in [-0.4, -0.2) is 34.8 Å². The lowest BCUT2D eigenvalue weighted by Crippen LogP contribution is -2.25. The van der Waals surface area contributed by atoms with Gasteiger partial charge in [0, 0.05) is 18.7 Å². The minimum Gasteiger partial charge on any atom is -0.480 e. The summed E-state index contributed by atoms with van der Waals surface area (Å²) in [5.74, 6) is 8.35. The van der Waals surface area contributed by atoms with Gasteiger partial charge < -0.3 is 15.5 Å². The zero-order valence-corrected chi connectivity index (χ0v) is 19.9. The Labute approximate surface area is 179 Å². The first kappa shape index (κ1) is 23.0. The van der Waals surface area contributed by atoms with E-state index >= 15 is 0 Å². The van der Waals surface area contributed by atoms with Crippen molar-refractivity contribution in [2.75, 3.05) is 24.9 Å². The molecular formula is C22H35N5OS. The van der Waals surface area contributed by atoms with Crippen molar-refractivity contribution in [1.82, 2.24) is 14.6 Å². The van der Waals surface area contributed by atoms with E-state index in [1.807, 2.05) is 20.9 Å². The third-order valence-electron chi connectivity index (χ3n) is 5.24. The molecule has 29 heavy (non-hydrogen) atoms. The molecule has 0 unspecified atom stereocenters. The fourth-order valence-corrected chi connectivity index (χ4v) is 4.56. The van der Waals surface area contributed by atoms with Crippen molar-refractivity contribution in [3.8, 4) is 16.5 Å². The molecule has 0 spiro atoms. The van der Waals surface area contributed by atoms with Crippen LogP contribution in [0.25, 0.3) is 16.1 Å². The first-order valence-electron chi connectivity index (χ1n) is 10.2. The van der Waals surface area contributed by atoms with Gasteiger partial charge in [-0.25, -0.2) is 9.66 Å². The highest BCUT2D eigenvalue weighted by molar-refractivity contribution is 7.19. The number of rotatable bonds is 9. The number of hydrogen-bond donors (Lipinski definition) is 1. The van der Waals surface area contributed by atoms with Gasteiger partial charge >= 0.3 is 0 Å². The molecule has 2 aromatic heterocycles. The van der Waals surface area contributed by atoms with E-state index in [1.54, 1.807) is 23.1 Å². The molecule has 7 heteroatoms. The maximum absolute atomic E-state index is 6.62. The standard InChI is InChI=1S/C22H35N5OS/c1-10-16(11-2)17(12-13(3)4)20-24-15(7)18(27(20)23)19-21(28-9)25-22(29-19)26(8)14(5)6/h12,14,16H,3,10-11,23H2,1-2,4-9H3/b17-12-. The van der Waals surface area contributed by atoms with Crippen molar-refractivity contribution in [1.29, 1.82) is 0 Å². The van der Waals surface area contributed by atoms with Gasteiger partial charge in [-0.2, -0.15) is 4.98 Å². The van der Waals surface area contributed by atoms with Gasteiger partial charge in [-0.15, -0.1) is 0 Å². The van der Waals surface area contributed by atoms with Crippen LogP contribution in [0.3, 0.4) is 0 Å². The van der Waals surface area contributed by atoms with Gasteiger partial charge in [0.25, 0.3) is 0 Å². The van der Waals surface area contributed by atoms with Crippen LogP contribution >= 0.6 is 11.3 Å². The summed E-state index contributed by atoms with van der Waals surface area (Å²) in [7, 11) is 3.67. The van der Waals surface area contributed by atoms with E-state index in [9.17, 15) is 0 Å². The molecule has 2 heterocycles. The van der Waals surface area contributed by atoms with E-state index in [0.717, 1.165) is 51.2 Å². The molecule has 2 aromatic rings. The monoisotopic (exact) mass is 417 g/mol. The molecule has 0 aliphatic rings. The summed E-state index contributed by atoms with van der Waals surface area (Å²) >= 11 is 1.57. The number of imidazole rings is 1. The van der Waals surface area contributed by atoms with Crippen molar-refractivity contribution in [3.63, 3.8) is 0 Å². The Kier molecular flexibility index (Phi) is 7.52. The Morgan fingerprint density at radius 3 is 2.41 bits per heavy atom. The van der Waals surface area contributed by atoms with Crippen LogP contribution in [0.15, 0.2) is 18.2 Å². The predicted octanol–water partition coefficient (Wildman–Crippen LogP) is 5.28. The molecule has 2 rings (SSSR count). The predicted molar refractivity (Wildman–Crippen MR) is 125 cm³/mol. The van der Waals surface area contributed by atoms with Gasteiger partial charge in [-0.3, -0.25) is 0 Å². The molecule has 0 radical (unpaired) electrons. The number of aryl methyl sites for hydroxylation is 1. The summed E-state index contributed by atoms with van der Waals surface area (Å²) in [4.78, 5) is 12.6. The number of methoxy groups -OCH3 is 1. The van der Waals surface area contributed by atoms with E-state index in [4.69, 9.17) is 15.6 Å². The average molecular weight is 418 g/mol. The van der Waals surface area contributed by atoms with E-state index in [1.165, 1.54) is 0 Å². The molecule has 0 atom stereocenters. The molecule has 0 aliphatic heterocycles. The Balaban J connectivity index is 2.66. The summed E-state index contributed by atoms with van der Waals surface area (Å²) in [5, 5.41) is 0.895. The summed E-state index contributed by atoms with van der Waals surface area (Å²) in [6.07, 6.45) is 4.14. The average Bonchev–Trinajstić information content (AvgIpc) is 3.20. The molecule has 0 saturated heterocycles. The summed E-state index contributed by atoms with van der Waals surface area (Å²) in [6, 6.07) is 0.332. The molecule has 0 saturated carbocycles. The Hall–Kier alpha value is -2.28. The quantitative estimate of drug-likeness (QED) is 0.444. The van der Waals surface area contributed by atoms with Crippen molar-refractivity contribution < 1.29 is 4.74 Å². The number of nitrogens with two attached hydrogens (primary N) is 1. The molecular weight excluding hydrogens is 382 g/mol. The zero-order chi connectivity index (χ0) is 21.9. The van der Waals surface area contributed by atoms with Crippen LogP contribution in [-0.2, 0) is 0 Å². The van der Waals surface area contributed by atoms with Crippen molar-refractivity contribution in [2.24, 2.45) is 5.92 Å². The normalized spacial score (nSPS) is 12.1. The number of ether oxygens (including phenoxy) is 1. The van der Waals surface area contributed by atoms with Crippen LogP contribution < -0.4 is 15.5 Å². The van der Waals surface area contributed by atoms with Crippen molar-refractivity contribution in [2.45, 2.75) is 60.4 Å². The highest BCUT2D eigenvalue weighted by Crippen LogP contribution is 2.42. The third kappa shape index (κ3) is 4.66. The van der Waals surface area contributed by atoms with E-state index in [-0.39, 0.29) is 0 Å². The number of anilines is 1. The molecule has 160 valence electrons. The largest absolute Gasteiger partial charge is 0.480 e. The zero-order valence-electron chi connectivity index (χ0n) is 19.0. The topological polar surface area (TPSA) is 69.2 Å². The third-order valence-corrected chi connectivity index (χ3v) is 6.37. The van der Waals surface area contributed by atoms with E-state index in [0.29, 0.717) is 17.8 Å². The maximum Gasteiger partial charge on any atom is 0.236 e. The molecule has 0 aliphatic carbocycles. The Bertz CT molecular complexity index is 889. The highest BCUT2D eigenvalue weighted by atomic mass is 32.1. The number of hydrogen-bond acceptors (Lipinski definition) is 6.